The number of hydrogen-bond donors (Lipinski definition) is 2. The largest absolute Gasteiger partial charge is 0.377 e. The third-order valence-corrected chi connectivity index (χ3v) is 3.55. The molecule has 3 heteroatoms. The van der Waals surface area contributed by atoms with Gasteiger partial charge in [0.1, 0.15) is 0 Å². The van der Waals surface area contributed by atoms with E-state index in [-0.39, 0.29) is 5.54 Å². The summed E-state index contributed by atoms with van der Waals surface area (Å²) in [7, 11) is 0. The molecule has 2 atom stereocenters. The molecule has 2 aliphatic rings. The van der Waals surface area contributed by atoms with E-state index in [0.717, 1.165) is 25.5 Å². The van der Waals surface area contributed by atoms with Crippen LogP contribution < -0.4 is 10.6 Å². The molecule has 0 aromatic rings. The summed E-state index contributed by atoms with van der Waals surface area (Å²) in [5.74, 6) is 0.838. The number of nitrogens with one attached hydrogen (secondary N) is 2. The summed E-state index contributed by atoms with van der Waals surface area (Å²) in [5.41, 5.74) is 0.218. The second-order valence-electron chi connectivity index (χ2n) is 4.59. The van der Waals surface area contributed by atoms with E-state index in [1.165, 1.54) is 13.1 Å². The molecule has 13 heavy (non-hydrogen) atoms. The number of ether oxygens (including phenoxy) is 1. The lowest BCUT2D eigenvalue weighted by atomic mass is 9.93. The Morgan fingerprint density at radius 1 is 1.54 bits per heavy atom. The highest BCUT2D eigenvalue weighted by Crippen LogP contribution is 2.25. The van der Waals surface area contributed by atoms with Crippen LogP contribution in [0, 0.1) is 5.92 Å². The predicted octanol–water partition coefficient (Wildman–Crippen LogP) is 0.363. The molecule has 2 rings (SSSR count). The third kappa shape index (κ3) is 1.87. The molecule has 0 spiro atoms. The maximum Gasteiger partial charge on any atom is 0.0726 e. The van der Waals surface area contributed by atoms with Gasteiger partial charge in [-0.15, -0.1) is 0 Å². The highest BCUT2D eigenvalue weighted by Gasteiger charge is 2.37. The fourth-order valence-electron chi connectivity index (χ4n) is 1.94. The first kappa shape index (κ1) is 9.44. The van der Waals surface area contributed by atoms with Crippen LogP contribution in [-0.2, 0) is 4.74 Å². The lowest BCUT2D eigenvalue weighted by Crippen LogP contribution is -2.54. The van der Waals surface area contributed by atoms with Crippen LogP contribution in [0.1, 0.15) is 20.3 Å². The van der Waals surface area contributed by atoms with Crippen molar-refractivity contribution in [2.24, 2.45) is 5.92 Å². The highest BCUT2D eigenvalue weighted by atomic mass is 16.5. The third-order valence-electron chi connectivity index (χ3n) is 3.55. The van der Waals surface area contributed by atoms with Crippen LogP contribution in [0.25, 0.3) is 0 Å². The van der Waals surface area contributed by atoms with Gasteiger partial charge in [-0.05, 0) is 26.2 Å². The summed E-state index contributed by atoms with van der Waals surface area (Å²) in [6.45, 7) is 8.84. The van der Waals surface area contributed by atoms with Gasteiger partial charge < -0.3 is 15.4 Å². The fraction of sp³-hybridized carbons (Fsp3) is 1.00. The van der Waals surface area contributed by atoms with Gasteiger partial charge in [0.2, 0.25) is 0 Å². The molecule has 76 valence electrons. The van der Waals surface area contributed by atoms with Gasteiger partial charge in [0.25, 0.3) is 0 Å². The van der Waals surface area contributed by atoms with E-state index in [1.54, 1.807) is 0 Å². The summed E-state index contributed by atoms with van der Waals surface area (Å²) in [4.78, 5) is 0. The Morgan fingerprint density at radius 3 is 2.77 bits per heavy atom. The van der Waals surface area contributed by atoms with Crippen molar-refractivity contribution in [1.82, 2.24) is 10.6 Å². The topological polar surface area (TPSA) is 33.3 Å². The van der Waals surface area contributed by atoms with E-state index >= 15 is 0 Å². The maximum atomic E-state index is 5.57. The second-order valence-corrected chi connectivity index (χ2v) is 4.59. The van der Waals surface area contributed by atoms with Crippen molar-refractivity contribution >= 4 is 0 Å². The van der Waals surface area contributed by atoms with Gasteiger partial charge in [-0.3, -0.25) is 0 Å². The lowest BCUT2D eigenvalue weighted by Gasteiger charge is -2.34. The van der Waals surface area contributed by atoms with Crippen LogP contribution in [0.2, 0.25) is 0 Å². The molecule has 2 unspecified atom stereocenters. The first-order valence-corrected chi connectivity index (χ1v) is 5.28. The van der Waals surface area contributed by atoms with Crippen LogP contribution in [0.5, 0.6) is 0 Å². The van der Waals surface area contributed by atoms with Crippen molar-refractivity contribution < 1.29 is 4.74 Å². The van der Waals surface area contributed by atoms with E-state index in [4.69, 9.17) is 4.74 Å². The van der Waals surface area contributed by atoms with E-state index in [2.05, 4.69) is 24.5 Å². The predicted molar refractivity (Wildman–Crippen MR) is 52.8 cm³/mol. The average Bonchev–Trinajstić information content (AvgIpc) is 2.30. The lowest BCUT2D eigenvalue weighted by molar-refractivity contribution is 0.0858. The molecular weight excluding hydrogens is 164 g/mol. The monoisotopic (exact) mass is 184 g/mol. The van der Waals surface area contributed by atoms with Crippen molar-refractivity contribution in [3.05, 3.63) is 0 Å². The molecule has 0 saturated carbocycles. The summed E-state index contributed by atoms with van der Waals surface area (Å²) >= 11 is 0. The molecule has 0 radical (unpaired) electrons. The van der Waals surface area contributed by atoms with Crippen LogP contribution in [0.3, 0.4) is 0 Å². The van der Waals surface area contributed by atoms with Crippen molar-refractivity contribution in [2.45, 2.75) is 31.9 Å². The minimum absolute atomic E-state index is 0.218. The zero-order chi connectivity index (χ0) is 9.31. The smallest absolute Gasteiger partial charge is 0.0726 e. The van der Waals surface area contributed by atoms with E-state index < -0.39 is 0 Å². The first-order chi connectivity index (χ1) is 6.21. The van der Waals surface area contributed by atoms with Crippen molar-refractivity contribution in [1.29, 1.82) is 0 Å². The van der Waals surface area contributed by atoms with Crippen molar-refractivity contribution in [2.75, 3.05) is 26.2 Å². The Labute approximate surface area is 80.2 Å². The van der Waals surface area contributed by atoms with Gasteiger partial charge in [-0.2, -0.15) is 0 Å². The molecule has 0 aromatic heterocycles. The van der Waals surface area contributed by atoms with E-state index in [1.807, 2.05) is 0 Å². The minimum Gasteiger partial charge on any atom is -0.377 e. The number of rotatable bonds is 3. The normalized spacial score (nSPS) is 40.6. The number of hydrogen-bond acceptors (Lipinski definition) is 3. The molecule has 2 heterocycles. The summed E-state index contributed by atoms with van der Waals surface area (Å²) in [6, 6.07) is 0. The van der Waals surface area contributed by atoms with Crippen LogP contribution in [0.4, 0.5) is 0 Å². The second kappa shape index (κ2) is 3.56. The first-order valence-electron chi connectivity index (χ1n) is 5.28. The molecular formula is C10H20N2O. The zero-order valence-electron chi connectivity index (χ0n) is 8.60. The van der Waals surface area contributed by atoms with Gasteiger partial charge in [0.15, 0.2) is 0 Å². The van der Waals surface area contributed by atoms with Crippen molar-refractivity contribution in [3.63, 3.8) is 0 Å². The molecule has 0 aliphatic carbocycles. The molecule has 2 N–H and O–H groups in total. The van der Waals surface area contributed by atoms with Gasteiger partial charge in [-0.1, -0.05) is 0 Å². The Hall–Kier alpha value is -0.120. The maximum absolute atomic E-state index is 5.57. The highest BCUT2D eigenvalue weighted by molar-refractivity contribution is 4.94. The van der Waals surface area contributed by atoms with Crippen molar-refractivity contribution in [3.8, 4) is 0 Å². The van der Waals surface area contributed by atoms with Gasteiger partial charge in [0, 0.05) is 31.8 Å². The molecule has 2 fully saturated rings. The van der Waals surface area contributed by atoms with Crippen LogP contribution in [0.15, 0.2) is 0 Å². The Kier molecular flexibility index (Phi) is 2.58. The van der Waals surface area contributed by atoms with Gasteiger partial charge in [-0.25, -0.2) is 0 Å². The Bertz CT molecular complexity index is 182. The van der Waals surface area contributed by atoms with Gasteiger partial charge in [0.05, 0.1) is 6.10 Å². The van der Waals surface area contributed by atoms with E-state index in [9.17, 15) is 0 Å². The molecule has 3 nitrogen and oxygen atoms in total. The average molecular weight is 184 g/mol. The standard InChI is InChI=1S/C10H20N2O/c1-8-10(2,3-4-13-8)12-7-9-5-11-6-9/h8-9,11-12H,3-7H2,1-2H3. The molecule has 0 amide bonds. The summed E-state index contributed by atoms with van der Waals surface area (Å²) in [5, 5.41) is 6.93. The van der Waals surface area contributed by atoms with Crippen LogP contribution >= 0.6 is 0 Å². The van der Waals surface area contributed by atoms with E-state index in [0.29, 0.717) is 6.10 Å². The molecule has 2 saturated heterocycles. The zero-order valence-corrected chi connectivity index (χ0v) is 8.60. The van der Waals surface area contributed by atoms with Crippen LogP contribution in [-0.4, -0.2) is 37.9 Å². The quantitative estimate of drug-likeness (QED) is 0.664. The fourth-order valence-corrected chi connectivity index (χ4v) is 1.94. The molecule has 0 aromatic carbocycles. The minimum atomic E-state index is 0.218. The Morgan fingerprint density at radius 2 is 2.31 bits per heavy atom. The van der Waals surface area contributed by atoms with Gasteiger partial charge >= 0.3 is 0 Å². The SMILES string of the molecule is CC1OCCC1(C)NCC1CNC1. The Balaban J connectivity index is 1.78. The summed E-state index contributed by atoms with van der Waals surface area (Å²) in [6.07, 6.45) is 1.51. The summed E-state index contributed by atoms with van der Waals surface area (Å²) < 4.78 is 5.57. The molecule has 0 bridgehead atoms. The molecule has 2 aliphatic heterocycles.